The number of nitrogens with one attached hydrogen (secondary N) is 1. The summed E-state index contributed by atoms with van der Waals surface area (Å²) in [6, 6.07) is 12.0. The third kappa shape index (κ3) is 3.77. The third-order valence-corrected chi connectivity index (χ3v) is 5.94. The van der Waals surface area contributed by atoms with Crippen LogP contribution in [-0.4, -0.2) is 39.3 Å². The van der Waals surface area contributed by atoms with Gasteiger partial charge in [-0.25, -0.2) is 4.98 Å². The van der Waals surface area contributed by atoms with Crippen LogP contribution in [0.5, 0.6) is 0 Å². The van der Waals surface area contributed by atoms with Gasteiger partial charge in [-0.1, -0.05) is 29.8 Å². The molecule has 2 aromatic heterocycles. The van der Waals surface area contributed by atoms with Gasteiger partial charge >= 0.3 is 0 Å². The van der Waals surface area contributed by atoms with Crippen LogP contribution in [0.4, 0.5) is 5.69 Å². The van der Waals surface area contributed by atoms with Crippen LogP contribution in [0.2, 0.25) is 5.02 Å². The number of piperidine rings is 1. The molecule has 0 spiro atoms. The molecule has 3 aromatic rings. The zero-order chi connectivity index (χ0) is 19.7. The van der Waals surface area contributed by atoms with E-state index in [4.69, 9.17) is 11.6 Å². The monoisotopic (exact) mass is 396 g/mol. The Kier molecular flexibility index (Phi) is 5.38. The molecule has 1 saturated heterocycles. The molecule has 4 rings (SSSR count). The summed E-state index contributed by atoms with van der Waals surface area (Å²) in [5, 5.41) is 3.40. The van der Waals surface area contributed by atoms with Crippen LogP contribution in [0.25, 0.3) is 5.65 Å². The van der Waals surface area contributed by atoms with Crippen molar-refractivity contribution < 1.29 is 4.79 Å². The smallest absolute Gasteiger partial charge is 0.274 e. The number of amides is 1. The molecule has 28 heavy (non-hydrogen) atoms. The molecule has 1 aliphatic heterocycles. The number of carbonyl (C=O) groups is 1. The summed E-state index contributed by atoms with van der Waals surface area (Å²) in [5.41, 5.74) is 3.14. The number of rotatable bonds is 4. The van der Waals surface area contributed by atoms with E-state index in [2.05, 4.69) is 41.3 Å². The molecule has 0 radical (unpaired) electrons. The molecule has 0 bridgehead atoms. The lowest BCUT2D eigenvalue weighted by Gasteiger charge is -2.34. The van der Waals surface area contributed by atoms with Gasteiger partial charge < -0.3 is 10.2 Å². The number of nitrogens with zero attached hydrogens (tertiary/aromatic N) is 3. The lowest BCUT2D eigenvalue weighted by molar-refractivity contribution is 0.102. The number of hydrogen-bond donors (Lipinski definition) is 1. The number of anilines is 1. The van der Waals surface area contributed by atoms with Crippen LogP contribution >= 0.6 is 11.6 Å². The van der Waals surface area contributed by atoms with Crippen molar-refractivity contribution in [3.63, 3.8) is 0 Å². The minimum Gasteiger partial charge on any atom is -0.319 e. The number of halogens is 1. The number of carbonyl (C=O) groups excluding carboxylic acids is 1. The van der Waals surface area contributed by atoms with Crippen LogP contribution in [0, 0.1) is 0 Å². The maximum atomic E-state index is 12.8. The van der Waals surface area contributed by atoms with Crippen LogP contribution < -0.4 is 5.32 Å². The fraction of sp³-hybridized carbons (Fsp3) is 0.364. The number of benzene rings is 1. The fourth-order valence-electron chi connectivity index (χ4n) is 3.90. The minimum absolute atomic E-state index is 0.215. The number of likely N-dealkylation sites (tertiary alicyclic amines) is 1. The Morgan fingerprint density at radius 2 is 1.93 bits per heavy atom. The molecule has 1 aliphatic rings. The lowest BCUT2D eigenvalue weighted by Crippen LogP contribution is -2.37. The van der Waals surface area contributed by atoms with Crippen LogP contribution in [0.3, 0.4) is 0 Å². The molecule has 146 valence electrons. The SMILES string of the molecule is CC(C)N1CCC(c2ccc3ncc(C(=O)Nc4ccccc4Cl)n3c2)CC1. The largest absolute Gasteiger partial charge is 0.319 e. The van der Waals surface area contributed by atoms with Crippen molar-refractivity contribution in [2.75, 3.05) is 18.4 Å². The second kappa shape index (κ2) is 7.94. The zero-order valence-corrected chi connectivity index (χ0v) is 17.0. The zero-order valence-electron chi connectivity index (χ0n) is 16.2. The molecular weight excluding hydrogens is 372 g/mol. The van der Waals surface area contributed by atoms with Crippen molar-refractivity contribution in [2.45, 2.75) is 38.6 Å². The van der Waals surface area contributed by atoms with Gasteiger partial charge in [0, 0.05) is 12.2 Å². The number of aromatic nitrogens is 2. The summed E-state index contributed by atoms with van der Waals surface area (Å²) in [5.74, 6) is 0.300. The van der Waals surface area contributed by atoms with Crippen molar-refractivity contribution in [3.8, 4) is 0 Å². The van der Waals surface area contributed by atoms with Gasteiger partial charge in [-0.3, -0.25) is 9.20 Å². The highest BCUT2D eigenvalue weighted by Gasteiger charge is 2.23. The van der Waals surface area contributed by atoms with Crippen LogP contribution in [-0.2, 0) is 0 Å². The molecular formula is C22H25ClN4O. The van der Waals surface area contributed by atoms with Gasteiger partial charge in [-0.2, -0.15) is 0 Å². The summed E-state index contributed by atoms with van der Waals surface area (Å²) in [6.07, 6.45) is 5.96. The van der Waals surface area contributed by atoms with E-state index in [0.29, 0.717) is 28.4 Å². The number of imidazole rings is 1. The van der Waals surface area contributed by atoms with Gasteiger partial charge in [0.2, 0.25) is 0 Å². The van der Waals surface area contributed by atoms with Gasteiger partial charge in [0.1, 0.15) is 11.3 Å². The lowest BCUT2D eigenvalue weighted by atomic mass is 9.90. The van der Waals surface area contributed by atoms with Gasteiger partial charge in [0.15, 0.2) is 0 Å². The van der Waals surface area contributed by atoms with Crippen molar-refractivity contribution in [2.24, 2.45) is 0 Å². The normalized spacial score (nSPS) is 16.0. The highest BCUT2D eigenvalue weighted by Crippen LogP contribution is 2.29. The topological polar surface area (TPSA) is 49.6 Å². The van der Waals surface area contributed by atoms with Gasteiger partial charge in [-0.05, 0) is 69.5 Å². The fourth-order valence-corrected chi connectivity index (χ4v) is 4.09. The first-order valence-corrected chi connectivity index (χ1v) is 10.2. The second-order valence-electron chi connectivity index (χ2n) is 7.67. The predicted molar refractivity (Wildman–Crippen MR) is 113 cm³/mol. The van der Waals surface area contributed by atoms with Crippen LogP contribution in [0.15, 0.2) is 48.8 Å². The van der Waals surface area contributed by atoms with E-state index in [1.807, 2.05) is 22.6 Å². The molecule has 1 fully saturated rings. The quantitative estimate of drug-likeness (QED) is 0.687. The average Bonchev–Trinajstić information content (AvgIpc) is 3.13. The average molecular weight is 397 g/mol. The number of pyridine rings is 1. The number of para-hydroxylation sites is 1. The standard InChI is InChI=1S/C22H25ClN4O/c1-15(2)26-11-9-16(10-12-26)17-7-8-21-24-13-20(27(21)14-17)22(28)25-19-6-4-3-5-18(19)23/h3-8,13-16H,9-12H2,1-2H3,(H,25,28). The van der Waals surface area contributed by atoms with E-state index in [9.17, 15) is 4.79 Å². The number of fused-ring (bicyclic) bond motifs is 1. The Balaban J connectivity index is 1.57. The summed E-state index contributed by atoms with van der Waals surface area (Å²) in [4.78, 5) is 19.7. The molecule has 0 saturated carbocycles. The van der Waals surface area contributed by atoms with Gasteiger partial charge in [0.25, 0.3) is 5.91 Å². The first-order valence-electron chi connectivity index (χ1n) is 9.80. The van der Waals surface area contributed by atoms with E-state index in [1.165, 1.54) is 5.56 Å². The van der Waals surface area contributed by atoms with E-state index < -0.39 is 0 Å². The third-order valence-electron chi connectivity index (χ3n) is 5.61. The molecule has 3 heterocycles. The molecule has 0 unspecified atom stereocenters. The number of hydrogen-bond acceptors (Lipinski definition) is 3. The summed E-state index contributed by atoms with van der Waals surface area (Å²) in [6.45, 7) is 6.73. The maximum Gasteiger partial charge on any atom is 0.274 e. The van der Waals surface area contributed by atoms with E-state index in [-0.39, 0.29) is 5.91 Å². The molecule has 5 nitrogen and oxygen atoms in total. The Labute approximate surface area is 170 Å². The van der Waals surface area contributed by atoms with E-state index in [1.54, 1.807) is 18.3 Å². The van der Waals surface area contributed by atoms with E-state index >= 15 is 0 Å². The van der Waals surface area contributed by atoms with Gasteiger partial charge in [-0.15, -0.1) is 0 Å². The highest BCUT2D eigenvalue weighted by atomic mass is 35.5. The first-order chi connectivity index (χ1) is 13.5. The van der Waals surface area contributed by atoms with Crippen molar-refractivity contribution >= 4 is 28.8 Å². The Bertz CT molecular complexity index is 989. The molecule has 1 aromatic carbocycles. The second-order valence-corrected chi connectivity index (χ2v) is 8.08. The summed E-state index contributed by atoms with van der Waals surface area (Å²) >= 11 is 6.17. The first kappa shape index (κ1) is 19.0. The Hall–Kier alpha value is -2.37. The van der Waals surface area contributed by atoms with Crippen molar-refractivity contribution in [1.29, 1.82) is 0 Å². The summed E-state index contributed by atoms with van der Waals surface area (Å²) in [7, 11) is 0. The Morgan fingerprint density at radius 3 is 2.64 bits per heavy atom. The molecule has 0 aliphatic carbocycles. The van der Waals surface area contributed by atoms with Crippen molar-refractivity contribution in [1.82, 2.24) is 14.3 Å². The molecule has 6 heteroatoms. The van der Waals surface area contributed by atoms with Crippen molar-refractivity contribution in [3.05, 3.63) is 65.1 Å². The van der Waals surface area contributed by atoms with Crippen LogP contribution in [0.1, 0.15) is 48.7 Å². The molecule has 1 N–H and O–H groups in total. The Morgan fingerprint density at radius 1 is 1.18 bits per heavy atom. The minimum atomic E-state index is -0.215. The highest BCUT2D eigenvalue weighted by molar-refractivity contribution is 6.33. The summed E-state index contributed by atoms with van der Waals surface area (Å²) < 4.78 is 1.89. The maximum absolute atomic E-state index is 12.8. The predicted octanol–water partition coefficient (Wildman–Crippen LogP) is 4.83. The van der Waals surface area contributed by atoms with E-state index in [0.717, 1.165) is 31.6 Å². The molecule has 1 amide bonds. The molecule has 0 atom stereocenters. The van der Waals surface area contributed by atoms with Gasteiger partial charge in [0.05, 0.1) is 16.9 Å².